The normalized spacial score (nSPS) is 14.7. The van der Waals surface area contributed by atoms with Crippen LogP contribution < -0.4 is 9.64 Å². The first kappa shape index (κ1) is 21.1. The second-order valence-electron chi connectivity index (χ2n) is 9.07. The number of carbonyl (C=O) groups is 1. The van der Waals surface area contributed by atoms with Gasteiger partial charge in [0.2, 0.25) is 5.91 Å². The van der Waals surface area contributed by atoms with E-state index in [4.69, 9.17) is 14.7 Å². The van der Waals surface area contributed by atoms with Crippen molar-refractivity contribution in [2.45, 2.75) is 33.1 Å². The second-order valence-corrected chi connectivity index (χ2v) is 9.07. The molecule has 2 heterocycles. The maximum atomic E-state index is 11.7. The standard InChI is InChI=1S/C25H30N4O2/c1-17(30)28-12-14-29(15-13-28)24-21-16-20(31-5)10-11-22(21)26-23(27-24)18-6-8-19(9-7-18)25(2,3)4/h6-11,16H,12-15H2,1-5H3. The van der Waals surface area contributed by atoms with E-state index in [2.05, 4.69) is 49.9 Å². The highest BCUT2D eigenvalue weighted by Crippen LogP contribution is 2.32. The molecule has 0 aliphatic carbocycles. The van der Waals surface area contributed by atoms with E-state index in [9.17, 15) is 4.79 Å². The topological polar surface area (TPSA) is 58.6 Å². The van der Waals surface area contributed by atoms with Crippen LogP contribution in [0.15, 0.2) is 42.5 Å². The van der Waals surface area contributed by atoms with Gasteiger partial charge in [-0.1, -0.05) is 45.0 Å². The number of methoxy groups -OCH3 is 1. The molecule has 0 bridgehead atoms. The molecular weight excluding hydrogens is 388 g/mol. The number of nitrogens with zero attached hydrogens (tertiary/aromatic N) is 4. The lowest BCUT2D eigenvalue weighted by Crippen LogP contribution is -2.48. The first-order valence-corrected chi connectivity index (χ1v) is 10.7. The fourth-order valence-corrected chi connectivity index (χ4v) is 3.94. The molecule has 1 aliphatic rings. The highest BCUT2D eigenvalue weighted by molar-refractivity contribution is 5.92. The van der Waals surface area contributed by atoms with Crippen LogP contribution in [0.25, 0.3) is 22.3 Å². The minimum atomic E-state index is 0.0981. The fraction of sp³-hybridized carbons (Fsp3) is 0.400. The summed E-state index contributed by atoms with van der Waals surface area (Å²) >= 11 is 0. The van der Waals surface area contributed by atoms with Gasteiger partial charge in [0.25, 0.3) is 0 Å². The summed E-state index contributed by atoms with van der Waals surface area (Å²) in [7, 11) is 1.67. The summed E-state index contributed by atoms with van der Waals surface area (Å²) in [6, 6.07) is 14.4. The van der Waals surface area contributed by atoms with Crippen molar-refractivity contribution in [2.24, 2.45) is 0 Å². The van der Waals surface area contributed by atoms with Crippen molar-refractivity contribution in [1.82, 2.24) is 14.9 Å². The third-order valence-corrected chi connectivity index (χ3v) is 5.92. The van der Waals surface area contributed by atoms with Crippen LogP contribution in [0.4, 0.5) is 5.82 Å². The zero-order valence-electron chi connectivity index (χ0n) is 19.0. The van der Waals surface area contributed by atoms with Crippen molar-refractivity contribution in [2.75, 3.05) is 38.2 Å². The van der Waals surface area contributed by atoms with Gasteiger partial charge in [-0.2, -0.15) is 0 Å². The predicted octanol–water partition coefficient (Wildman–Crippen LogP) is 4.27. The number of amides is 1. The van der Waals surface area contributed by atoms with Gasteiger partial charge in [-0.15, -0.1) is 0 Å². The number of benzene rings is 2. The van der Waals surface area contributed by atoms with Gasteiger partial charge in [0.05, 0.1) is 12.6 Å². The van der Waals surface area contributed by atoms with E-state index in [0.717, 1.165) is 41.1 Å². The monoisotopic (exact) mass is 418 g/mol. The summed E-state index contributed by atoms with van der Waals surface area (Å²) < 4.78 is 5.45. The van der Waals surface area contributed by atoms with Crippen molar-refractivity contribution in [3.63, 3.8) is 0 Å². The average molecular weight is 419 g/mol. The van der Waals surface area contributed by atoms with Crippen LogP contribution in [-0.4, -0.2) is 54.1 Å². The van der Waals surface area contributed by atoms with Crippen LogP contribution in [0, 0.1) is 0 Å². The molecule has 1 aliphatic heterocycles. The predicted molar refractivity (Wildman–Crippen MR) is 125 cm³/mol. The van der Waals surface area contributed by atoms with Gasteiger partial charge in [0.15, 0.2) is 5.82 Å². The van der Waals surface area contributed by atoms with Gasteiger partial charge < -0.3 is 14.5 Å². The molecule has 1 amide bonds. The van der Waals surface area contributed by atoms with E-state index < -0.39 is 0 Å². The molecule has 1 aromatic heterocycles. The van der Waals surface area contributed by atoms with Gasteiger partial charge in [0.1, 0.15) is 11.6 Å². The maximum Gasteiger partial charge on any atom is 0.219 e. The Hall–Kier alpha value is -3.15. The Kier molecular flexibility index (Phi) is 5.56. The quantitative estimate of drug-likeness (QED) is 0.636. The molecule has 2 aromatic carbocycles. The summed E-state index contributed by atoms with van der Waals surface area (Å²) in [6.45, 7) is 11.1. The third-order valence-electron chi connectivity index (χ3n) is 5.92. The molecule has 4 rings (SSSR count). The number of anilines is 1. The molecule has 0 N–H and O–H groups in total. The summed E-state index contributed by atoms with van der Waals surface area (Å²) in [4.78, 5) is 25.7. The van der Waals surface area contributed by atoms with Crippen molar-refractivity contribution in [3.8, 4) is 17.1 Å². The Morgan fingerprint density at radius 1 is 0.968 bits per heavy atom. The molecule has 31 heavy (non-hydrogen) atoms. The molecule has 6 nitrogen and oxygen atoms in total. The summed E-state index contributed by atoms with van der Waals surface area (Å²) in [5, 5.41) is 0.964. The molecule has 0 atom stereocenters. The molecule has 0 saturated carbocycles. The van der Waals surface area contributed by atoms with Crippen molar-refractivity contribution in [3.05, 3.63) is 48.0 Å². The van der Waals surface area contributed by atoms with Gasteiger partial charge in [-0.05, 0) is 29.2 Å². The molecule has 6 heteroatoms. The fourth-order valence-electron chi connectivity index (χ4n) is 3.94. The smallest absolute Gasteiger partial charge is 0.219 e. The van der Waals surface area contributed by atoms with Gasteiger partial charge >= 0.3 is 0 Å². The molecule has 1 fully saturated rings. The lowest BCUT2D eigenvalue weighted by molar-refractivity contribution is -0.129. The number of carbonyl (C=O) groups excluding carboxylic acids is 1. The molecule has 0 radical (unpaired) electrons. The summed E-state index contributed by atoms with van der Waals surface area (Å²) in [6.07, 6.45) is 0. The zero-order chi connectivity index (χ0) is 22.2. The number of piperazine rings is 1. The number of aromatic nitrogens is 2. The highest BCUT2D eigenvalue weighted by atomic mass is 16.5. The van der Waals surface area contributed by atoms with E-state index >= 15 is 0 Å². The summed E-state index contributed by atoms with van der Waals surface area (Å²) in [5.41, 5.74) is 3.26. The Balaban J connectivity index is 1.77. The van der Waals surface area contributed by atoms with Crippen LogP contribution in [0.1, 0.15) is 33.3 Å². The first-order chi connectivity index (χ1) is 14.8. The molecule has 0 unspecified atom stereocenters. The molecule has 0 spiro atoms. The largest absolute Gasteiger partial charge is 0.497 e. The lowest BCUT2D eigenvalue weighted by Gasteiger charge is -2.35. The number of ether oxygens (including phenoxy) is 1. The maximum absolute atomic E-state index is 11.7. The number of rotatable bonds is 3. The number of fused-ring (bicyclic) bond motifs is 1. The Labute approximate surface area is 183 Å². The van der Waals surface area contributed by atoms with Crippen LogP contribution in [0.2, 0.25) is 0 Å². The van der Waals surface area contributed by atoms with Gasteiger partial charge in [0, 0.05) is 44.1 Å². The molecular formula is C25H30N4O2. The zero-order valence-corrected chi connectivity index (χ0v) is 19.0. The number of hydrogen-bond acceptors (Lipinski definition) is 5. The Morgan fingerprint density at radius 2 is 1.65 bits per heavy atom. The second kappa shape index (κ2) is 8.17. The third kappa shape index (κ3) is 4.33. The van der Waals surface area contributed by atoms with E-state index in [0.29, 0.717) is 18.9 Å². The molecule has 3 aromatic rings. The number of hydrogen-bond donors (Lipinski definition) is 0. The van der Waals surface area contributed by atoms with Crippen molar-refractivity contribution >= 4 is 22.6 Å². The van der Waals surface area contributed by atoms with Crippen LogP contribution >= 0.6 is 0 Å². The van der Waals surface area contributed by atoms with Crippen LogP contribution in [0.3, 0.4) is 0 Å². The minimum Gasteiger partial charge on any atom is -0.497 e. The van der Waals surface area contributed by atoms with E-state index in [-0.39, 0.29) is 11.3 Å². The molecule has 1 saturated heterocycles. The summed E-state index contributed by atoms with van der Waals surface area (Å²) in [5.74, 6) is 2.50. The van der Waals surface area contributed by atoms with Gasteiger partial charge in [-0.25, -0.2) is 9.97 Å². The Bertz CT molecular complexity index is 1090. The Morgan fingerprint density at radius 3 is 2.23 bits per heavy atom. The first-order valence-electron chi connectivity index (χ1n) is 10.7. The van der Waals surface area contributed by atoms with E-state index in [1.165, 1.54) is 5.56 Å². The average Bonchev–Trinajstić information content (AvgIpc) is 2.77. The van der Waals surface area contributed by atoms with Crippen molar-refractivity contribution in [1.29, 1.82) is 0 Å². The van der Waals surface area contributed by atoms with Gasteiger partial charge in [-0.3, -0.25) is 4.79 Å². The SMILES string of the molecule is COc1ccc2nc(-c3ccc(C(C)(C)C)cc3)nc(N3CCN(C(C)=O)CC3)c2c1. The minimum absolute atomic E-state index is 0.0981. The van der Waals surface area contributed by atoms with E-state index in [1.807, 2.05) is 23.1 Å². The van der Waals surface area contributed by atoms with E-state index in [1.54, 1.807) is 14.0 Å². The molecule has 162 valence electrons. The van der Waals surface area contributed by atoms with Crippen molar-refractivity contribution < 1.29 is 9.53 Å². The van der Waals surface area contributed by atoms with Crippen LogP contribution in [0.5, 0.6) is 5.75 Å². The lowest BCUT2D eigenvalue weighted by atomic mass is 9.87. The van der Waals surface area contributed by atoms with Crippen LogP contribution in [-0.2, 0) is 10.2 Å². The highest BCUT2D eigenvalue weighted by Gasteiger charge is 2.23.